The number of piperazine rings is 1. The molecule has 0 unspecified atom stereocenters. The first kappa shape index (κ1) is 12.2. The molecule has 0 bridgehead atoms. The number of hydrogen-bond acceptors (Lipinski definition) is 3. The number of fused-ring (bicyclic) bond motifs is 1. The van der Waals surface area contributed by atoms with E-state index >= 15 is 0 Å². The Hall–Kier alpha value is -1.81. The number of para-hydroxylation sites is 1. The van der Waals surface area contributed by atoms with Gasteiger partial charge in [-0.3, -0.25) is 4.79 Å². The molecule has 2 heterocycles. The third-order valence-electron chi connectivity index (χ3n) is 3.84. The molecule has 3 rings (SSSR count). The third-order valence-corrected chi connectivity index (χ3v) is 3.84. The Labute approximate surface area is 112 Å². The summed E-state index contributed by atoms with van der Waals surface area (Å²) in [5.41, 5.74) is 2.11. The second kappa shape index (κ2) is 4.70. The van der Waals surface area contributed by atoms with Gasteiger partial charge in [0, 0.05) is 44.2 Å². The SMILES string of the molecule is C[C@@H]1CN(c2cc(=O)n(C)c3ccccc23)CCN1. The van der Waals surface area contributed by atoms with Crippen LogP contribution in [-0.4, -0.2) is 30.2 Å². The highest BCUT2D eigenvalue weighted by Gasteiger charge is 2.18. The molecule has 1 aromatic heterocycles. The van der Waals surface area contributed by atoms with Crippen molar-refractivity contribution in [3.8, 4) is 0 Å². The Bertz CT molecular complexity index is 662. The van der Waals surface area contributed by atoms with Gasteiger partial charge in [-0.05, 0) is 13.0 Å². The molecule has 2 aromatic rings. The van der Waals surface area contributed by atoms with Crippen molar-refractivity contribution in [3.63, 3.8) is 0 Å². The van der Waals surface area contributed by atoms with Crippen molar-refractivity contribution in [1.82, 2.24) is 9.88 Å². The van der Waals surface area contributed by atoms with Crippen LogP contribution in [0.4, 0.5) is 5.69 Å². The third kappa shape index (κ3) is 2.12. The molecule has 1 fully saturated rings. The van der Waals surface area contributed by atoms with Gasteiger partial charge in [0.05, 0.1) is 11.2 Å². The molecule has 0 aliphatic carbocycles. The van der Waals surface area contributed by atoms with Crippen molar-refractivity contribution >= 4 is 16.6 Å². The maximum Gasteiger partial charge on any atom is 0.252 e. The molecule has 1 aliphatic heterocycles. The van der Waals surface area contributed by atoms with Crippen LogP contribution in [0.25, 0.3) is 10.9 Å². The minimum absolute atomic E-state index is 0.0554. The second-order valence-corrected chi connectivity index (χ2v) is 5.25. The molecule has 0 radical (unpaired) electrons. The van der Waals surface area contributed by atoms with E-state index in [4.69, 9.17) is 0 Å². The van der Waals surface area contributed by atoms with Gasteiger partial charge in [0.25, 0.3) is 5.56 Å². The molecule has 1 N–H and O–H groups in total. The number of nitrogens with zero attached hydrogens (tertiary/aromatic N) is 2. The lowest BCUT2D eigenvalue weighted by atomic mass is 10.1. The standard InChI is InChI=1S/C15H19N3O/c1-11-10-18(8-7-16-11)14-9-15(19)17(2)13-6-4-3-5-12(13)14/h3-6,9,11,16H,7-8,10H2,1-2H3/t11-/m1/s1. The maximum atomic E-state index is 12.1. The van der Waals surface area contributed by atoms with Crippen LogP contribution in [0.3, 0.4) is 0 Å². The van der Waals surface area contributed by atoms with Gasteiger partial charge in [-0.15, -0.1) is 0 Å². The lowest BCUT2D eigenvalue weighted by molar-refractivity contribution is 0.485. The second-order valence-electron chi connectivity index (χ2n) is 5.25. The molecular formula is C15H19N3O. The van der Waals surface area contributed by atoms with E-state index in [-0.39, 0.29) is 5.56 Å². The fraction of sp³-hybridized carbons (Fsp3) is 0.400. The lowest BCUT2D eigenvalue weighted by Gasteiger charge is -2.34. The average Bonchev–Trinajstić information content (AvgIpc) is 2.43. The van der Waals surface area contributed by atoms with Crippen LogP contribution in [0.5, 0.6) is 0 Å². The predicted molar refractivity (Wildman–Crippen MR) is 78.9 cm³/mol. The van der Waals surface area contributed by atoms with Crippen LogP contribution in [0.15, 0.2) is 35.1 Å². The van der Waals surface area contributed by atoms with E-state index in [2.05, 4.69) is 23.2 Å². The molecule has 0 saturated carbocycles. The minimum Gasteiger partial charge on any atom is -0.368 e. The van der Waals surface area contributed by atoms with Gasteiger partial charge in [-0.1, -0.05) is 18.2 Å². The van der Waals surface area contributed by atoms with E-state index in [9.17, 15) is 4.79 Å². The smallest absolute Gasteiger partial charge is 0.252 e. The van der Waals surface area contributed by atoms with Gasteiger partial charge in [0.1, 0.15) is 0 Å². The van der Waals surface area contributed by atoms with Crippen LogP contribution >= 0.6 is 0 Å². The monoisotopic (exact) mass is 257 g/mol. The van der Waals surface area contributed by atoms with Crippen LogP contribution in [0.2, 0.25) is 0 Å². The molecule has 0 spiro atoms. The largest absolute Gasteiger partial charge is 0.368 e. The Morgan fingerprint density at radius 1 is 1.32 bits per heavy atom. The molecule has 4 nitrogen and oxygen atoms in total. The fourth-order valence-corrected chi connectivity index (χ4v) is 2.81. The topological polar surface area (TPSA) is 37.3 Å². The quantitative estimate of drug-likeness (QED) is 0.837. The van der Waals surface area contributed by atoms with Gasteiger partial charge in [0.15, 0.2) is 0 Å². The number of benzene rings is 1. The summed E-state index contributed by atoms with van der Waals surface area (Å²) in [6.07, 6.45) is 0. The number of hydrogen-bond donors (Lipinski definition) is 1. The number of anilines is 1. The Balaban J connectivity index is 2.18. The number of nitrogens with one attached hydrogen (secondary N) is 1. The first-order valence-electron chi connectivity index (χ1n) is 6.74. The van der Waals surface area contributed by atoms with Gasteiger partial charge < -0.3 is 14.8 Å². The summed E-state index contributed by atoms with van der Waals surface area (Å²) >= 11 is 0. The fourth-order valence-electron chi connectivity index (χ4n) is 2.81. The normalized spacial score (nSPS) is 19.9. The average molecular weight is 257 g/mol. The van der Waals surface area contributed by atoms with E-state index < -0.39 is 0 Å². The summed E-state index contributed by atoms with van der Waals surface area (Å²) in [6, 6.07) is 10.3. The van der Waals surface area contributed by atoms with Crippen LogP contribution in [0, 0.1) is 0 Å². The number of aryl methyl sites for hydroxylation is 1. The molecule has 1 aliphatic rings. The zero-order valence-electron chi connectivity index (χ0n) is 11.4. The Kier molecular flexibility index (Phi) is 3.03. The van der Waals surface area contributed by atoms with Crippen LogP contribution in [0.1, 0.15) is 6.92 Å². The maximum absolute atomic E-state index is 12.1. The van der Waals surface area contributed by atoms with E-state index in [1.54, 1.807) is 10.6 Å². The number of rotatable bonds is 1. The highest BCUT2D eigenvalue weighted by atomic mass is 16.1. The van der Waals surface area contributed by atoms with E-state index in [1.807, 2.05) is 25.2 Å². The van der Waals surface area contributed by atoms with E-state index in [0.29, 0.717) is 6.04 Å². The summed E-state index contributed by atoms with van der Waals surface area (Å²) in [4.78, 5) is 14.4. The first-order chi connectivity index (χ1) is 9.16. The lowest BCUT2D eigenvalue weighted by Crippen LogP contribution is -2.49. The van der Waals surface area contributed by atoms with Crippen molar-refractivity contribution in [2.45, 2.75) is 13.0 Å². The summed E-state index contributed by atoms with van der Waals surface area (Å²) in [5, 5.41) is 4.58. The number of aromatic nitrogens is 1. The zero-order valence-corrected chi connectivity index (χ0v) is 11.4. The van der Waals surface area contributed by atoms with Crippen molar-refractivity contribution in [2.24, 2.45) is 7.05 Å². The minimum atomic E-state index is 0.0554. The molecule has 1 saturated heterocycles. The Morgan fingerprint density at radius 2 is 2.11 bits per heavy atom. The van der Waals surface area contributed by atoms with E-state index in [1.165, 1.54) is 0 Å². The summed E-state index contributed by atoms with van der Waals surface area (Å²) in [6.45, 7) is 5.03. The molecule has 0 amide bonds. The van der Waals surface area contributed by atoms with Crippen molar-refractivity contribution in [1.29, 1.82) is 0 Å². The summed E-state index contributed by atoms with van der Waals surface area (Å²) in [7, 11) is 1.83. The van der Waals surface area contributed by atoms with Gasteiger partial charge in [-0.2, -0.15) is 0 Å². The van der Waals surface area contributed by atoms with Gasteiger partial charge in [0.2, 0.25) is 0 Å². The Morgan fingerprint density at radius 3 is 2.89 bits per heavy atom. The molecule has 4 heteroatoms. The van der Waals surface area contributed by atoms with Crippen molar-refractivity contribution < 1.29 is 0 Å². The van der Waals surface area contributed by atoms with Crippen molar-refractivity contribution in [3.05, 3.63) is 40.7 Å². The molecular weight excluding hydrogens is 238 g/mol. The van der Waals surface area contributed by atoms with Crippen molar-refractivity contribution in [2.75, 3.05) is 24.5 Å². The highest BCUT2D eigenvalue weighted by Crippen LogP contribution is 2.25. The summed E-state index contributed by atoms with van der Waals surface area (Å²) < 4.78 is 1.71. The predicted octanol–water partition coefficient (Wildman–Crippen LogP) is 1.34. The van der Waals surface area contributed by atoms with Gasteiger partial charge >= 0.3 is 0 Å². The molecule has 19 heavy (non-hydrogen) atoms. The first-order valence-corrected chi connectivity index (χ1v) is 6.74. The van der Waals surface area contributed by atoms with E-state index in [0.717, 1.165) is 36.2 Å². The molecule has 1 atom stereocenters. The highest BCUT2D eigenvalue weighted by molar-refractivity contribution is 5.92. The molecule has 100 valence electrons. The van der Waals surface area contributed by atoms with Crippen LogP contribution in [-0.2, 0) is 7.05 Å². The number of pyridine rings is 1. The zero-order chi connectivity index (χ0) is 13.4. The van der Waals surface area contributed by atoms with Gasteiger partial charge in [-0.25, -0.2) is 0 Å². The molecule has 1 aromatic carbocycles. The van der Waals surface area contributed by atoms with Crippen LogP contribution < -0.4 is 15.8 Å². The summed E-state index contributed by atoms with van der Waals surface area (Å²) in [5.74, 6) is 0.